The van der Waals surface area contributed by atoms with Crippen LogP contribution in [0.1, 0.15) is 12.8 Å². The standard InChI is InChI=1S/C13H17F2N3O/c1-17-13(19)8-3-2-4-18(7-8)11-6-9(14)5-10(15)12(11)16/h5-6,8H,2-4,7,16H2,1H3,(H,17,19). The molecule has 0 saturated carbocycles. The van der Waals surface area contributed by atoms with E-state index in [0.29, 0.717) is 18.8 Å². The minimum atomic E-state index is -0.767. The number of nitrogens with one attached hydrogen (secondary N) is 1. The first kappa shape index (κ1) is 13.6. The number of benzene rings is 1. The lowest BCUT2D eigenvalue weighted by molar-refractivity contribution is -0.124. The van der Waals surface area contributed by atoms with E-state index in [-0.39, 0.29) is 17.5 Å². The van der Waals surface area contributed by atoms with Crippen LogP contribution in [0.3, 0.4) is 0 Å². The second-order valence-electron chi connectivity index (χ2n) is 4.72. The molecule has 1 heterocycles. The minimum Gasteiger partial charge on any atom is -0.395 e. The first-order valence-electron chi connectivity index (χ1n) is 6.24. The van der Waals surface area contributed by atoms with Gasteiger partial charge in [-0.05, 0) is 18.9 Å². The van der Waals surface area contributed by atoms with Crippen LogP contribution in [0.25, 0.3) is 0 Å². The number of nitrogen functional groups attached to an aromatic ring is 1. The topological polar surface area (TPSA) is 58.4 Å². The highest BCUT2D eigenvalue weighted by molar-refractivity contribution is 5.80. The number of hydrogen-bond acceptors (Lipinski definition) is 3. The molecule has 1 aliphatic heterocycles. The lowest BCUT2D eigenvalue weighted by Gasteiger charge is -2.34. The van der Waals surface area contributed by atoms with E-state index in [9.17, 15) is 13.6 Å². The van der Waals surface area contributed by atoms with E-state index >= 15 is 0 Å². The summed E-state index contributed by atoms with van der Waals surface area (Å²) in [5.74, 6) is -1.66. The molecule has 3 N–H and O–H groups in total. The van der Waals surface area contributed by atoms with Gasteiger partial charge in [-0.3, -0.25) is 4.79 Å². The maximum Gasteiger partial charge on any atom is 0.224 e. The summed E-state index contributed by atoms with van der Waals surface area (Å²) < 4.78 is 26.7. The van der Waals surface area contributed by atoms with Crippen LogP contribution in [-0.4, -0.2) is 26.0 Å². The minimum absolute atomic E-state index is 0.0554. The first-order chi connectivity index (χ1) is 9.02. The van der Waals surface area contributed by atoms with Crippen LogP contribution in [0.5, 0.6) is 0 Å². The van der Waals surface area contributed by atoms with Crippen molar-refractivity contribution in [1.29, 1.82) is 0 Å². The zero-order chi connectivity index (χ0) is 14.0. The molecule has 19 heavy (non-hydrogen) atoms. The van der Waals surface area contributed by atoms with E-state index in [4.69, 9.17) is 5.73 Å². The fourth-order valence-electron chi connectivity index (χ4n) is 2.45. The monoisotopic (exact) mass is 269 g/mol. The largest absolute Gasteiger partial charge is 0.395 e. The van der Waals surface area contributed by atoms with Crippen LogP contribution in [-0.2, 0) is 4.79 Å². The number of carbonyl (C=O) groups is 1. The van der Waals surface area contributed by atoms with E-state index in [1.807, 2.05) is 0 Å². The Labute approximate surface area is 110 Å². The second kappa shape index (κ2) is 5.42. The molecular formula is C13H17F2N3O. The molecule has 1 aromatic rings. The van der Waals surface area contributed by atoms with Gasteiger partial charge in [0.05, 0.1) is 17.3 Å². The zero-order valence-corrected chi connectivity index (χ0v) is 10.7. The Hall–Kier alpha value is -1.85. The number of carbonyl (C=O) groups excluding carboxylic acids is 1. The van der Waals surface area contributed by atoms with Gasteiger partial charge in [0, 0.05) is 26.2 Å². The fraction of sp³-hybridized carbons (Fsp3) is 0.462. The number of nitrogens with zero attached hydrogens (tertiary/aromatic N) is 1. The van der Waals surface area contributed by atoms with Gasteiger partial charge < -0.3 is 16.0 Å². The summed E-state index contributed by atoms with van der Waals surface area (Å²) in [7, 11) is 1.58. The molecule has 1 aliphatic rings. The van der Waals surface area contributed by atoms with Crippen molar-refractivity contribution in [2.45, 2.75) is 12.8 Å². The predicted molar refractivity (Wildman–Crippen MR) is 69.8 cm³/mol. The van der Waals surface area contributed by atoms with E-state index in [2.05, 4.69) is 5.32 Å². The average molecular weight is 269 g/mol. The van der Waals surface area contributed by atoms with Gasteiger partial charge in [-0.1, -0.05) is 0 Å². The van der Waals surface area contributed by atoms with Crippen molar-refractivity contribution in [2.24, 2.45) is 5.92 Å². The van der Waals surface area contributed by atoms with Crippen molar-refractivity contribution < 1.29 is 13.6 Å². The molecule has 4 nitrogen and oxygen atoms in total. The molecule has 1 aromatic carbocycles. The molecule has 6 heteroatoms. The van der Waals surface area contributed by atoms with E-state index in [0.717, 1.165) is 18.9 Å². The normalized spacial score (nSPS) is 19.3. The van der Waals surface area contributed by atoms with Gasteiger partial charge in [0.1, 0.15) is 5.82 Å². The Kier molecular flexibility index (Phi) is 3.87. The lowest BCUT2D eigenvalue weighted by Crippen LogP contribution is -2.42. The maximum absolute atomic E-state index is 13.4. The molecule has 1 atom stereocenters. The number of halogens is 2. The van der Waals surface area contributed by atoms with Crippen LogP contribution in [0.2, 0.25) is 0 Å². The Morgan fingerprint density at radius 2 is 2.21 bits per heavy atom. The van der Waals surface area contributed by atoms with Crippen LogP contribution in [0.4, 0.5) is 20.2 Å². The van der Waals surface area contributed by atoms with E-state index < -0.39 is 11.6 Å². The first-order valence-corrected chi connectivity index (χ1v) is 6.24. The molecular weight excluding hydrogens is 252 g/mol. The van der Waals surface area contributed by atoms with Crippen LogP contribution in [0, 0.1) is 17.6 Å². The van der Waals surface area contributed by atoms with Crippen molar-refractivity contribution in [3.8, 4) is 0 Å². The SMILES string of the molecule is CNC(=O)C1CCCN(c2cc(F)cc(F)c2N)C1. The summed E-state index contributed by atoms with van der Waals surface area (Å²) in [5, 5.41) is 2.60. The van der Waals surface area contributed by atoms with Crippen molar-refractivity contribution in [2.75, 3.05) is 30.8 Å². The summed E-state index contributed by atoms with van der Waals surface area (Å²) in [6, 6.07) is 1.98. The molecule has 1 saturated heterocycles. The maximum atomic E-state index is 13.4. The number of hydrogen-bond donors (Lipinski definition) is 2. The van der Waals surface area contributed by atoms with E-state index in [1.165, 1.54) is 6.07 Å². The predicted octanol–water partition coefficient (Wildman–Crippen LogP) is 1.51. The molecule has 1 fully saturated rings. The van der Waals surface area contributed by atoms with Gasteiger partial charge in [0.15, 0.2) is 5.82 Å². The van der Waals surface area contributed by atoms with Crippen molar-refractivity contribution >= 4 is 17.3 Å². The molecule has 0 spiro atoms. The quantitative estimate of drug-likeness (QED) is 0.800. The molecule has 104 valence electrons. The second-order valence-corrected chi connectivity index (χ2v) is 4.72. The number of anilines is 2. The molecule has 0 radical (unpaired) electrons. The molecule has 1 unspecified atom stereocenters. The molecule has 0 aromatic heterocycles. The smallest absolute Gasteiger partial charge is 0.224 e. The van der Waals surface area contributed by atoms with Gasteiger partial charge in [0.25, 0.3) is 0 Å². The van der Waals surface area contributed by atoms with Crippen molar-refractivity contribution in [3.63, 3.8) is 0 Å². The Bertz CT molecular complexity index is 493. The summed E-state index contributed by atoms with van der Waals surface area (Å²) >= 11 is 0. The molecule has 2 rings (SSSR count). The summed E-state index contributed by atoms with van der Waals surface area (Å²) in [5.41, 5.74) is 5.91. The number of rotatable bonds is 2. The van der Waals surface area contributed by atoms with Gasteiger partial charge >= 0.3 is 0 Å². The van der Waals surface area contributed by atoms with Gasteiger partial charge in [-0.15, -0.1) is 0 Å². The Balaban J connectivity index is 2.24. The number of nitrogens with two attached hydrogens (primary N) is 1. The average Bonchev–Trinajstić information content (AvgIpc) is 2.42. The van der Waals surface area contributed by atoms with Crippen LogP contribution < -0.4 is 16.0 Å². The van der Waals surface area contributed by atoms with E-state index in [1.54, 1.807) is 11.9 Å². The van der Waals surface area contributed by atoms with Crippen molar-refractivity contribution in [1.82, 2.24) is 5.32 Å². The third-order valence-corrected chi connectivity index (χ3v) is 3.45. The fourth-order valence-corrected chi connectivity index (χ4v) is 2.45. The van der Waals surface area contributed by atoms with Crippen LogP contribution >= 0.6 is 0 Å². The molecule has 1 amide bonds. The summed E-state index contributed by atoms with van der Waals surface area (Å²) in [4.78, 5) is 13.4. The van der Waals surface area contributed by atoms with Gasteiger partial charge in [-0.25, -0.2) is 8.78 Å². The third-order valence-electron chi connectivity index (χ3n) is 3.45. The highest BCUT2D eigenvalue weighted by atomic mass is 19.1. The Morgan fingerprint density at radius 3 is 2.89 bits per heavy atom. The zero-order valence-electron chi connectivity index (χ0n) is 10.7. The lowest BCUT2D eigenvalue weighted by atomic mass is 9.96. The molecule has 0 bridgehead atoms. The molecule has 0 aliphatic carbocycles. The van der Waals surface area contributed by atoms with Crippen LogP contribution in [0.15, 0.2) is 12.1 Å². The number of amides is 1. The Morgan fingerprint density at radius 1 is 1.47 bits per heavy atom. The van der Waals surface area contributed by atoms with Gasteiger partial charge in [0.2, 0.25) is 5.91 Å². The van der Waals surface area contributed by atoms with Crippen molar-refractivity contribution in [3.05, 3.63) is 23.8 Å². The summed E-state index contributed by atoms with van der Waals surface area (Å²) in [6.45, 7) is 1.06. The number of piperidine rings is 1. The summed E-state index contributed by atoms with van der Waals surface area (Å²) in [6.07, 6.45) is 1.56. The highest BCUT2D eigenvalue weighted by Gasteiger charge is 2.27. The van der Waals surface area contributed by atoms with Gasteiger partial charge in [-0.2, -0.15) is 0 Å². The third kappa shape index (κ3) is 2.77. The highest BCUT2D eigenvalue weighted by Crippen LogP contribution is 2.30.